The van der Waals surface area contributed by atoms with Crippen molar-refractivity contribution in [3.8, 4) is 5.75 Å². The molecule has 45 heavy (non-hydrogen) atoms. The molecule has 1 aromatic carbocycles. The molecule has 0 radical (unpaired) electrons. The van der Waals surface area contributed by atoms with E-state index in [2.05, 4.69) is 26.2 Å². The number of nitrogens with one attached hydrogen (secondary N) is 2. The maximum absolute atomic E-state index is 13.6. The maximum Gasteiger partial charge on any atom is 0.352 e. The number of piperazine rings is 1. The van der Waals surface area contributed by atoms with Crippen molar-refractivity contribution in [3.05, 3.63) is 41.1 Å². The molecule has 0 saturated carbocycles. The molecular weight excluding hydrogens is 634 g/mol. The van der Waals surface area contributed by atoms with Gasteiger partial charge in [-0.05, 0) is 33.7 Å². The fourth-order valence-corrected chi connectivity index (χ4v) is 7.23. The number of fused-ring (bicyclic) bond motifs is 1. The van der Waals surface area contributed by atoms with Gasteiger partial charge >= 0.3 is 23.8 Å². The van der Waals surface area contributed by atoms with E-state index >= 15 is 0 Å². The molecule has 238 valence electrons. The van der Waals surface area contributed by atoms with E-state index in [1.54, 1.807) is 7.05 Å². The number of carbonyl (C=O) groups excluding carboxylic acids is 5. The van der Waals surface area contributed by atoms with Crippen molar-refractivity contribution in [3.63, 3.8) is 0 Å². The van der Waals surface area contributed by atoms with Crippen LogP contribution in [0.15, 0.2) is 40.7 Å². The predicted molar refractivity (Wildman–Crippen MR) is 154 cm³/mol. The van der Waals surface area contributed by atoms with Crippen molar-refractivity contribution in [2.45, 2.75) is 22.6 Å². The summed E-state index contributed by atoms with van der Waals surface area (Å²) in [5.74, 6) is -4.61. The summed E-state index contributed by atoms with van der Waals surface area (Å²) in [5, 5.41) is 44.7. The van der Waals surface area contributed by atoms with Crippen molar-refractivity contribution >= 4 is 59.2 Å². The molecule has 2 fully saturated rings. The van der Waals surface area contributed by atoms with Crippen LogP contribution in [0.5, 0.6) is 5.75 Å². The van der Waals surface area contributed by atoms with E-state index in [1.807, 2.05) is 0 Å². The van der Waals surface area contributed by atoms with Crippen LogP contribution >= 0.6 is 23.5 Å². The maximum atomic E-state index is 13.6. The van der Waals surface area contributed by atoms with Crippen molar-refractivity contribution in [2.75, 3.05) is 37.7 Å². The number of imide groups is 1. The third kappa shape index (κ3) is 6.28. The Bertz CT molecular complexity index is 1580. The molecule has 4 heterocycles. The number of benzene rings is 1. The summed E-state index contributed by atoms with van der Waals surface area (Å²) in [6.07, 6.45) is 0. The number of aryl methyl sites for hydroxylation is 1. The normalized spacial score (nSPS) is 20.5. The largest absolute Gasteiger partial charge is 0.508 e. The first-order valence-corrected chi connectivity index (χ1v) is 15.4. The van der Waals surface area contributed by atoms with Gasteiger partial charge < -0.3 is 30.9 Å². The molecule has 0 unspecified atom stereocenters. The molecule has 18 nitrogen and oxygen atoms in total. The molecule has 6 amide bonds. The van der Waals surface area contributed by atoms with E-state index in [9.17, 15) is 39.0 Å². The third-order valence-electron chi connectivity index (χ3n) is 7.18. The van der Waals surface area contributed by atoms with Gasteiger partial charge in [-0.25, -0.2) is 14.3 Å². The fourth-order valence-electron chi connectivity index (χ4n) is 4.90. The number of aliphatic carboxylic acids is 1. The zero-order valence-electron chi connectivity index (χ0n) is 23.5. The molecule has 5 rings (SSSR count). The summed E-state index contributed by atoms with van der Waals surface area (Å²) in [4.78, 5) is 80.0. The first-order valence-electron chi connectivity index (χ1n) is 13.4. The zero-order chi connectivity index (χ0) is 32.4. The van der Waals surface area contributed by atoms with Crippen molar-refractivity contribution in [1.29, 1.82) is 0 Å². The van der Waals surface area contributed by atoms with E-state index < -0.39 is 53.1 Å². The molecular formula is C25H27N9O9S2. The molecule has 0 bridgehead atoms. The Kier molecular flexibility index (Phi) is 9.25. The number of thioether (sulfide) groups is 2. The van der Waals surface area contributed by atoms with Gasteiger partial charge in [0.15, 0.2) is 0 Å². The highest BCUT2D eigenvalue weighted by Gasteiger charge is 2.54. The lowest BCUT2D eigenvalue weighted by Gasteiger charge is -2.49. The number of carboxylic acid groups (broad SMARTS) is 1. The van der Waals surface area contributed by atoms with Crippen LogP contribution in [0.25, 0.3) is 0 Å². The Balaban J connectivity index is 1.31. The first kappa shape index (κ1) is 31.7. The lowest BCUT2D eigenvalue weighted by Crippen LogP contribution is -2.71. The van der Waals surface area contributed by atoms with Crippen LogP contribution in [0, 0.1) is 0 Å². The molecule has 0 spiro atoms. The average molecular weight is 662 g/mol. The van der Waals surface area contributed by atoms with Gasteiger partial charge in [-0.15, -0.1) is 16.9 Å². The molecule has 1 aromatic heterocycles. The zero-order valence-corrected chi connectivity index (χ0v) is 25.2. The number of amides is 6. The third-order valence-corrected chi connectivity index (χ3v) is 9.62. The van der Waals surface area contributed by atoms with Crippen LogP contribution in [-0.4, -0.2) is 135 Å². The van der Waals surface area contributed by atoms with Gasteiger partial charge in [0, 0.05) is 38.2 Å². The number of aromatic nitrogens is 4. The number of aliphatic hydroxyl groups excluding tert-OH is 1. The number of phenolic OH excluding ortho intramolecular Hbond substituents is 1. The van der Waals surface area contributed by atoms with E-state index in [0.29, 0.717) is 15.6 Å². The number of rotatable bonds is 10. The number of β-lactam (4-membered cyclic amide) rings is 1. The number of urea groups is 1. The molecule has 3 aliphatic heterocycles. The van der Waals surface area contributed by atoms with Crippen molar-refractivity contribution < 1.29 is 44.1 Å². The lowest BCUT2D eigenvalue weighted by molar-refractivity contribution is -0.154. The van der Waals surface area contributed by atoms with Crippen LogP contribution in [0.3, 0.4) is 0 Å². The van der Waals surface area contributed by atoms with Gasteiger partial charge in [-0.3, -0.25) is 29.0 Å². The molecule has 2 aromatic rings. The van der Waals surface area contributed by atoms with E-state index in [0.717, 1.165) is 9.80 Å². The van der Waals surface area contributed by atoms with Crippen molar-refractivity contribution in [2.24, 2.45) is 7.05 Å². The number of hydrogen-bond donors (Lipinski definition) is 5. The summed E-state index contributed by atoms with van der Waals surface area (Å²) < 4.78 is 1.43. The summed E-state index contributed by atoms with van der Waals surface area (Å²) in [6, 6.07) is 1.63. The van der Waals surface area contributed by atoms with Crippen LogP contribution in [0.4, 0.5) is 4.79 Å². The second-order valence-electron chi connectivity index (χ2n) is 9.97. The predicted octanol–water partition coefficient (Wildman–Crippen LogP) is -2.14. The van der Waals surface area contributed by atoms with E-state index in [1.165, 1.54) is 52.5 Å². The first-order chi connectivity index (χ1) is 21.5. The number of β-amino-alcohol motifs (C(OH)–C–C–N with tert-alkyl or cyclic N) is 1. The van der Waals surface area contributed by atoms with Crippen LogP contribution in [-0.2, 0) is 31.0 Å². The fraction of sp³-hybridized carbons (Fsp3) is 0.400. The standard InChI is InChI=1S/C25H27N9O9S2/c1-31-25(28-29-30-31)45-11-13-10-44-22-16(19(38)34(22)17(13)23(41)42)26-18(37)15(12-2-4-14(36)5-3-12)27-24(43)33-7-6-32(8-9-35)20(39)21(33)40/h2-5,15-16,22,35-36H,6-11H2,1H3,(H,26,37)(H,27,43)(H,41,42)/t15-,16-,22-/m1/s1. The summed E-state index contributed by atoms with van der Waals surface area (Å²) in [7, 11) is 1.64. The Morgan fingerprint density at radius 3 is 2.51 bits per heavy atom. The average Bonchev–Trinajstić information content (AvgIpc) is 3.43. The number of nitrogens with zero attached hydrogens (tertiary/aromatic N) is 7. The minimum absolute atomic E-state index is 0.0185. The highest BCUT2D eigenvalue weighted by molar-refractivity contribution is 8.01. The van der Waals surface area contributed by atoms with Crippen LogP contribution < -0.4 is 10.6 Å². The van der Waals surface area contributed by atoms with E-state index in [4.69, 9.17) is 5.11 Å². The molecule has 20 heteroatoms. The van der Waals surface area contributed by atoms with Crippen LogP contribution in [0.1, 0.15) is 11.6 Å². The van der Waals surface area contributed by atoms with Gasteiger partial charge in [-0.2, -0.15) is 0 Å². The van der Waals surface area contributed by atoms with Gasteiger partial charge in [0.05, 0.1) is 6.61 Å². The number of tetrazole rings is 1. The number of aliphatic hydroxyl groups is 1. The Morgan fingerprint density at radius 2 is 1.87 bits per heavy atom. The molecule has 3 aliphatic rings. The quantitative estimate of drug-likeness (QED) is 0.104. The number of carboxylic acids is 1. The highest BCUT2D eigenvalue weighted by atomic mass is 32.2. The van der Waals surface area contributed by atoms with Crippen molar-refractivity contribution in [1.82, 2.24) is 45.5 Å². The van der Waals surface area contributed by atoms with Gasteiger partial charge in [0.25, 0.3) is 5.91 Å². The minimum Gasteiger partial charge on any atom is -0.508 e. The Hall–Kier alpha value is -4.69. The Morgan fingerprint density at radius 1 is 1.13 bits per heavy atom. The SMILES string of the molecule is Cn1nnnc1SCC1=C(C(=O)O)N2C(=O)[C@@H](NC(=O)[C@H](NC(=O)N3CCN(CCO)C(=O)C3=O)c3ccc(O)cc3)[C@H]2SC1. The second-order valence-corrected chi connectivity index (χ2v) is 12.0. The number of hydrogen-bond acceptors (Lipinski definition) is 13. The second kappa shape index (κ2) is 13.1. The number of aromatic hydroxyl groups is 1. The number of carbonyl (C=O) groups is 6. The molecule has 5 N–H and O–H groups in total. The summed E-state index contributed by atoms with van der Waals surface area (Å²) >= 11 is 2.46. The summed E-state index contributed by atoms with van der Waals surface area (Å²) in [6.45, 7) is -0.652. The molecule has 2 saturated heterocycles. The molecule has 0 aliphatic carbocycles. The lowest BCUT2D eigenvalue weighted by atomic mass is 10.0. The van der Waals surface area contributed by atoms with E-state index in [-0.39, 0.29) is 54.8 Å². The topological polar surface area (TPSA) is 240 Å². The van der Waals surface area contributed by atoms with Gasteiger partial charge in [-0.1, -0.05) is 23.9 Å². The minimum atomic E-state index is -1.46. The van der Waals surface area contributed by atoms with Crippen LogP contribution in [0.2, 0.25) is 0 Å². The van der Waals surface area contributed by atoms with Gasteiger partial charge in [0.1, 0.15) is 28.9 Å². The molecule has 3 atom stereocenters. The number of phenols is 1. The highest BCUT2D eigenvalue weighted by Crippen LogP contribution is 2.41. The smallest absolute Gasteiger partial charge is 0.352 e. The monoisotopic (exact) mass is 661 g/mol. The Labute approximate surface area is 262 Å². The summed E-state index contributed by atoms with van der Waals surface area (Å²) in [5.41, 5.74) is 0.478. The van der Waals surface area contributed by atoms with Gasteiger partial charge in [0.2, 0.25) is 11.1 Å².